The number of esters is 1. The standard InChI is InChI=1S/C21H22FN3O3/c1-2-3-10-28-20(26)13-8-9-17-15(11-13)19-23-18(12-25(19)21(27)24-17)14-6-4-5-7-16(14)22/h4-7,12-13H,2-3,8-11H2,1H3,(H,24,27). The van der Waals surface area contributed by atoms with Crippen molar-refractivity contribution in [2.24, 2.45) is 5.92 Å². The van der Waals surface area contributed by atoms with Crippen LogP contribution in [0.5, 0.6) is 0 Å². The quantitative estimate of drug-likeness (QED) is 0.542. The number of nitrogens with one attached hydrogen (secondary N) is 1. The van der Waals surface area contributed by atoms with E-state index in [0.29, 0.717) is 42.8 Å². The van der Waals surface area contributed by atoms with Crippen LogP contribution in [0.4, 0.5) is 4.39 Å². The zero-order valence-corrected chi connectivity index (χ0v) is 15.7. The molecule has 1 aliphatic carbocycles. The third kappa shape index (κ3) is 3.32. The summed E-state index contributed by atoms with van der Waals surface area (Å²) in [6.07, 6.45) is 5.01. The number of carbonyl (C=O) groups is 1. The molecule has 0 fully saturated rings. The summed E-state index contributed by atoms with van der Waals surface area (Å²) in [5.74, 6) is -0.856. The number of unbranched alkanes of at least 4 members (excludes halogenated alkanes) is 1. The Morgan fingerprint density at radius 1 is 1.39 bits per heavy atom. The number of ether oxygens (including phenoxy) is 1. The van der Waals surface area contributed by atoms with E-state index in [-0.39, 0.29) is 17.6 Å². The van der Waals surface area contributed by atoms with Gasteiger partial charge in [-0.15, -0.1) is 0 Å². The second-order valence-electron chi connectivity index (χ2n) is 7.15. The maximum atomic E-state index is 14.2. The Labute approximate surface area is 161 Å². The first-order valence-corrected chi connectivity index (χ1v) is 9.63. The van der Waals surface area contributed by atoms with Crippen molar-refractivity contribution in [3.8, 4) is 11.3 Å². The van der Waals surface area contributed by atoms with Gasteiger partial charge in [-0.1, -0.05) is 25.5 Å². The summed E-state index contributed by atoms with van der Waals surface area (Å²) >= 11 is 0. The molecule has 7 heteroatoms. The molecule has 0 aliphatic heterocycles. The highest BCUT2D eigenvalue weighted by Crippen LogP contribution is 2.29. The first kappa shape index (κ1) is 18.4. The highest BCUT2D eigenvalue weighted by atomic mass is 19.1. The van der Waals surface area contributed by atoms with Gasteiger partial charge in [0.25, 0.3) is 0 Å². The van der Waals surface area contributed by atoms with Gasteiger partial charge >= 0.3 is 11.7 Å². The Bertz CT molecular complexity index is 1090. The van der Waals surface area contributed by atoms with E-state index in [9.17, 15) is 14.0 Å². The Kier molecular flexibility index (Phi) is 4.98. The maximum Gasteiger partial charge on any atom is 0.331 e. The van der Waals surface area contributed by atoms with Crippen molar-refractivity contribution in [3.63, 3.8) is 0 Å². The van der Waals surface area contributed by atoms with Gasteiger partial charge in [-0.05, 0) is 37.8 Å². The molecule has 0 radical (unpaired) electrons. The summed E-state index contributed by atoms with van der Waals surface area (Å²) < 4.78 is 20.9. The molecule has 0 amide bonds. The van der Waals surface area contributed by atoms with Gasteiger partial charge in [0.15, 0.2) is 0 Å². The number of imidazole rings is 1. The maximum absolute atomic E-state index is 14.2. The minimum absolute atomic E-state index is 0.204. The van der Waals surface area contributed by atoms with Gasteiger partial charge < -0.3 is 9.72 Å². The molecule has 2 heterocycles. The predicted octanol–water partition coefficient (Wildman–Crippen LogP) is 3.28. The van der Waals surface area contributed by atoms with E-state index >= 15 is 0 Å². The number of hydrogen-bond acceptors (Lipinski definition) is 4. The fourth-order valence-corrected chi connectivity index (χ4v) is 3.68. The molecule has 0 saturated carbocycles. The smallest absolute Gasteiger partial charge is 0.331 e. The van der Waals surface area contributed by atoms with Gasteiger partial charge in [0.2, 0.25) is 0 Å². The van der Waals surface area contributed by atoms with Crippen LogP contribution in [0.25, 0.3) is 16.9 Å². The van der Waals surface area contributed by atoms with Crippen LogP contribution in [0.1, 0.15) is 37.4 Å². The second-order valence-corrected chi connectivity index (χ2v) is 7.15. The molecule has 1 unspecified atom stereocenters. The number of benzene rings is 1. The van der Waals surface area contributed by atoms with E-state index in [4.69, 9.17) is 4.74 Å². The normalized spacial score (nSPS) is 16.1. The summed E-state index contributed by atoms with van der Waals surface area (Å²) in [6.45, 7) is 2.48. The van der Waals surface area contributed by atoms with E-state index in [0.717, 1.165) is 24.1 Å². The van der Waals surface area contributed by atoms with Crippen molar-refractivity contribution >= 4 is 11.6 Å². The number of hydrogen-bond donors (Lipinski definition) is 1. The third-order valence-corrected chi connectivity index (χ3v) is 5.24. The van der Waals surface area contributed by atoms with Crippen LogP contribution in [0.15, 0.2) is 35.3 Å². The molecule has 1 N–H and O–H groups in total. The van der Waals surface area contributed by atoms with Gasteiger partial charge in [-0.2, -0.15) is 0 Å². The van der Waals surface area contributed by atoms with Gasteiger partial charge in [-0.25, -0.2) is 14.2 Å². The van der Waals surface area contributed by atoms with Crippen molar-refractivity contribution in [1.82, 2.24) is 14.4 Å². The topological polar surface area (TPSA) is 76.5 Å². The number of halogens is 1. The van der Waals surface area contributed by atoms with Crippen LogP contribution in [0.2, 0.25) is 0 Å². The molecule has 1 aliphatic rings. The highest BCUT2D eigenvalue weighted by molar-refractivity contribution is 5.74. The number of rotatable bonds is 5. The number of H-pyrrole nitrogens is 1. The molecule has 4 rings (SSSR count). The molecule has 3 aromatic rings. The van der Waals surface area contributed by atoms with Gasteiger partial charge in [0, 0.05) is 23.0 Å². The SMILES string of the molecule is CCCCOC(=O)C1CCc2[nH]c(=O)n3cc(-c4ccccc4F)nc3c2C1. The Hall–Kier alpha value is -2.96. The predicted molar refractivity (Wildman–Crippen MR) is 103 cm³/mol. The van der Waals surface area contributed by atoms with E-state index in [1.165, 1.54) is 16.7 Å². The molecule has 6 nitrogen and oxygen atoms in total. The summed E-state index contributed by atoms with van der Waals surface area (Å²) in [4.78, 5) is 32.3. The van der Waals surface area contributed by atoms with Crippen LogP contribution >= 0.6 is 0 Å². The summed E-state index contributed by atoms with van der Waals surface area (Å²) in [6, 6.07) is 6.33. The number of carbonyl (C=O) groups excluding carboxylic acids is 1. The zero-order valence-electron chi connectivity index (χ0n) is 15.7. The fraction of sp³-hybridized carbons (Fsp3) is 0.381. The molecule has 0 bridgehead atoms. The Morgan fingerprint density at radius 3 is 3.00 bits per heavy atom. The minimum Gasteiger partial charge on any atom is -0.465 e. The lowest BCUT2D eigenvalue weighted by atomic mass is 9.87. The van der Waals surface area contributed by atoms with Crippen molar-refractivity contribution in [3.05, 3.63) is 58.0 Å². The number of nitrogens with zero attached hydrogens (tertiary/aromatic N) is 2. The summed E-state index contributed by atoms with van der Waals surface area (Å²) in [7, 11) is 0. The number of aryl methyl sites for hydroxylation is 1. The number of aromatic amines is 1. The first-order valence-electron chi connectivity index (χ1n) is 9.63. The molecule has 2 aromatic heterocycles. The molecule has 146 valence electrons. The van der Waals surface area contributed by atoms with Crippen molar-refractivity contribution in [2.75, 3.05) is 6.61 Å². The Balaban J connectivity index is 1.71. The number of fused-ring (bicyclic) bond motifs is 3. The van der Waals surface area contributed by atoms with Crippen molar-refractivity contribution in [1.29, 1.82) is 0 Å². The lowest BCUT2D eigenvalue weighted by Gasteiger charge is -2.23. The lowest BCUT2D eigenvalue weighted by molar-refractivity contribution is -0.149. The van der Waals surface area contributed by atoms with Crippen LogP contribution in [0.3, 0.4) is 0 Å². The average Bonchev–Trinajstić information content (AvgIpc) is 3.14. The van der Waals surface area contributed by atoms with E-state index in [1.807, 2.05) is 6.92 Å². The van der Waals surface area contributed by atoms with E-state index in [2.05, 4.69) is 9.97 Å². The fourth-order valence-electron chi connectivity index (χ4n) is 3.68. The van der Waals surface area contributed by atoms with Crippen LogP contribution in [-0.4, -0.2) is 26.9 Å². The highest BCUT2D eigenvalue weighted by Gasteiger charge is 2.29. The lowest BCUT2D eigenvalue weighted by Crippen LogP contribution is -2.29. The van der Waals surface area contributed by atoms with E-state index < -0.39 is 5.82 Å². The van der Waals surface area contributed by atoms with E-state index in [1.54, 1.807) is 18.2 Å². The monoisotopic (exact) mass is 383 g/mol. The van der Waals surface area contributed by atoms with Gasteiger partial charge in [0.1, 0.15) is 11.5 Å². The molecule has 0 saturated heterocycles. The molecule has 1 aromatic carbocycles. The average molecular weight is 383 g/mol. The molecular weight excluding hydrogens is 361 g/mol. The largest absolute Gasteiger partial charge is 0.465 e. The van der Waals surface area contributed by atoms with Crippen molar-refractivity contribution in [2.45, 2.75) is 39.0 Å². The molecule has 0 spiro atoms. The molecular formula is C21H22FN3O3. The van der Waals surface area contributed by atoms with Crippen LogP contribution < -0.4 is 5.69 Å². The third-order valence-electron chi connectivity index (χ3n) is 5.24. The van der Waals surface area contributed by atoms with Crippen LogP contribution in [-0.2, 0) is 22.4 Å². The summed E-state index contributed by atoms with van der Waals surface area (Å²) in [5.41, 5.74) is 2.51. The zero-order chi connectivity index (χ0) is 19.7. The first-order chi connectivity index (χ1) is 13.6. The van der Waals surface area contributed by atoms with Crippen molar-refractivity contribution < 1.29 is 13.9 Å². The number of aromatic nitrogens is 3. The second kappa shape index (κ2) is 7.58. The summed E-state index contributed by atoms with van der Waals surface area (Å²) in [5, 5.41) is 0. The minimum atomic E-state index is -0.395. The van der Waals surface area contributed by atoms with Crippen LogP contribution in [0, 0.1) is 11.7 Å². The Morgan fingerprint density at radius 2 is 2.21 bits per heavy atom. The van der Waals surface area contributed by atoms with Gasteiger partial charge in [-0.3, -0.25) is 9.20 Å². The molecule has 1 atom stereocenters. The van der Waals surface area contributed by atoms with Gasteiger partial charge in [0.05, 0.1) is 18.2 Å². The molecule has 28 heavy (non-hydrogen) atoms.